The number of hydrogen-bond acceptors (Lipinski definition) is 5. The van der Waals surface area contributed by atoms with Gasteiger partial charge in [0.05, 0.1) is 16.1 Å². The third kappa shape index (κ3) is 3.57. The van der Waals surface area contributed by atoms with Gasteiger partial charge in [0.1, 0.15) is 17.7 Å². The Morgan fingerprint density at radius 2 is 1.82 bits per heavy atom. The standard InChI is InChI=1S/C6H3N3S2/c7-1-2-11-6(10)5(3-8)4-9/h10H,2H2. The fourth-order valence-electron chi connectivity index (χ4n) is 0.293. The second kappa shape index (κ2) is 5.68. The maximum atomic E-state index is 8.32. The van der Waals surface area contributed by atoms with Crippen molar-refractivity contribution in [2.75, 3.05) is 5.75 Å². The third-order valence-electron chi connectivity index (χ3n) is 0.711. The molecule has 5 heteroatoms. The van der Waals surface area contributed by atoms with Crippen LogP contribution in [0.2, 0.25) is 0 Å². The summed E-state index contributed by atoms with van der Waals surface area (Å²) in [7, 11) is 0. The van der Waals surface area contributed by atoms with Crippen molar-refractivity contribution in [3.63, 3.8) is 0 Å². The van der Waals surface area contributed by atoms with E-state index in [-0.39, 0.29) is 11.3 Å². The van der Waals surface area contributed by atoms with Gasteiger partial charge in [0.15, 0.2) is 0 Å². The van der Waals surface area contributed by atoms with Crippen molar-refractivity contribution in [3.05, 3.63) is 9.81 Å². The predicted molar refractivity (Wildman–Crippen MR) is 45.3 cm³/mol. The molecule has 0 aliphatic rings. The minimum absolute atomic E-state index is 0.0476. The molecule has 0 atom stereocenters. The Kier molecular flexibility index (Phi) is 5.11. The maximum absolute atomic E-state index is 8.32. The van der Waals surface area contributed by atoms with Crippen molar-refractivity contribution in [2.24, 2.45) is 0 Å². The lowest BCUT2D eigenvalue weighted by molar-refractivity contribution is 1.46. The van der Waals surface area contributed by atoms with Crippen LogP contribution in [0.4, 0.5) is 0 Å². The van der Waals surface area contributed by atoms with Gasteiger partial charge in [-0.3, -0.25) is 0 Å². The van der Waals surface area contributed by atoms with Crippen LogP contribution in [0.1, 0.15) is 0 Å². The molecule has 0 heterocycles. The molecule has 11 heavy (non-hydrogen) atoms. The van der Waals surface area contributed by atoms with E-state index in [0.717, 1.165) is 11.8 Å². The molecular formula is C6H3N3S2. The van der Waals surface area contributed by atoms with Crippen LogP contribution in [0.25, 0.3) is 0 Å². The summed E-state index contributed by atoms with van der Waals surface area (Å²) in [4.78, 5) is 0. The topological polar surface area (TPSA) is 71.4 Å². The van der Waals surface area contributed by atoms with Gasteiger partial charge in [-0.05, 0) is 0 Å². The van der Waals surface area contributed by atoms with E-state index in [0.29, 0.717) is 4.24 Å². The molecule has 3 nitrogen and oxygen atoms in total. The fourth-order valence-corrected chi connectivity index (χ4v) is 1.02. The number of nitriles is 3. The number of nitrogens with zero attached hydrogens (tertiary/aromatic N) is 3. The predicted octanol–water partition coefficient (Wildman–Crippen LogP) is 1.43. The van der Waals surface area contributed by atoms with E-state index in [1.54, 1.807) is 12.1 Å². The Balaban J connectivity index is 4.33. The zero-order valence-electron chi connectivity index (χ0n) is 5.40. The minimum atomic E-state index is -0.0476. The van der Waals surface area contributed by atoms with Crippen LogP contribution in [0.3, 0.4) is 0 Å². The van der Waals surface area contributed by atoms with Gasteiger partial charge in [-0.15, -0.1) is 24.4 Å². The second-order valence-electron chi connectivity index (χ2n) is 1.35. The van der Waals surface area contributed by atoms with E-state index < -0.39 is 0 Å². The summed E-state index contributed by atoms with van der Waals surface area (Å²) in [6.45, 7) is 0. The van der Waals surface area contributed by atoms with Crippen LogP contribution in [0.5, 0.6) is 0 Å². The van der Waals surface area contributed by atoms with Gasteiger partial charge < -0.3 is 0 Å². The second-order valence-corrected chi connectivity index (χ2v) is 3.09. The molecule has 0 aliphatic carbocycles. The molecule has 0 rings (SSSR count). The Morgan fingerprint density at radius 1 is 1.27 bits per heavy atom. The average Bonchev–Trinajstić information content (AvgIpc) is 2.03. The number of hydrogen-bond donors (Lipinski definition) is 1. The van der Waals surface area contributed by atoms with Gasteiger partial charge in [0.2, 0.25) is 0 Å². The lowest BCUT2D eigenvalue weighted by Crippen LogP contribution is -1.77. The molecule has 0 aromatic rings. The molecule has 54 valence electrons. The molecule has 0 N–H and O–H groups in total. The number of thiol groups is 1. The van der Waals surface area contributed by atoms with Crippen molar-refractivity contribution in [3.8, 4) is 18.2 Å². The molecule has 0 spiro atoms. The monoisotopic (exact) mass is 181 g/mol. The van der Waals surface area contributed by atoms with Crippen LogP contribution in [-0.2, 0) is 0 Å². The first-order chi connectivity index (χ1) is 5.26. The van der Waals surface area contributed by atoms with E-state index in [4.69, 9.17) is 15.8 Å². The molecule has 0 aliphatic heterocycles. The van der Waals surface area contributed by atoms with Crippen LogP contribution < -0.4 is 0 Å². The molecule has 0 amide bonds. The zero-order chi connectivity index (χ0) is 8.69. The van der Waals surface area contributed by atoms with Gasteiger partial charge in [-0.2, -0.15) is 15.8 Å². The Bertz CT molecular complexity index is 270. The van der Waals surface area contributed by atoms with Gasteiger partial charge in [-0.25, -0.2) is 0 Å². The van der Waals surface area contributed by atoms with E-state index in [9.17, 15) is 0 Å². The van der Waals surface area contributed by atoms with Gasteiger partial charge in [0.25, 0.3) is 0 Å². The lowest BCUT2D eigenvalue weighted by atomic mass is 10.4. The van der Waals surface area contributed by atoms with Crippen LogP contribution >= 0.6 is 24.4 Å². The third-order valence-corrected chi connectivity index (χ3v) is 2.07. The summed E-state index contributed by atoms with van der Waals surface area (Å²) in [6.07, 6.45) is 0. The van der Waals surface area contributed by atoms with E-state index >= 15 is 0 Å². The minimum Gasteiger partial charge on any atom is -0.197 e. The van der Waals surface area contributed by atoms with E-state index in [2.05, 4.69) is 12.6 Å². The average molecular weight is 181 g/mol. The normalized spacial score (nSPS) is 7.09. The molecule has 0 saturated carbocycles. The lowest BCUT2D eigenvalue weighted by Gasteiger charge is -1.91. The van der Waals surface area contributed by atoms with E-state index in [1.807, 2.05) is 6.07 Å². The molecule has 0 radical (unpaired) electrons. The molecule has 0 aromatic heterocycles. The number of rotatable bonds is 2. The highest BCUT2D eigenvalue weighted by atomic mass is 32.2. The van der Waals surface area contributed by atoms with Crippen molar-refractivity contribution in [1.29, 1.82) is 15.8 Å². The molecule has 0 fully saturated rings. The SMILES string of the molecule is N#CCSC(S)=C(C#N)C#N. The fraction of sp³-hybridized carbons (Fsp3) is 0.167. The highest BCUT2D eigenvalue weighted by Gasteiger charge is 2.00. The van der Waals surface area contributed by atoms with Crippen molar-refractivity contribution >= 4 is 24.4 Å². The first kappa shape index (κ1) is 9.91. The summed E-state index contributed by atoms with van der Waals surface area (Å²) >= 11 is 4.94. The zero-order valence-corrected chi connectivity index (χ0v) is 7.12. The van der Waals surface area contributed by atoms with Crippen molar-refractivity contribution < 1.29 is 0 Å². The summed E-state index contributed by atoms with van der Waals surface area (Å²) in [6, 6.07) is 5.21. The molecule has 0 unspecified atom stereocenters. The highest BCUT2D eigenvalue weighted by molar-refractivity contribution is 8.15. The molecule has 0 bridgehead atoms. The summed E-state index contributed by atoms with van der Waals surface area (Å²) < 4.78 is 0.302. The number of thioether (sulfide) groups is 1. The smallest absolute Gasteiger partial charge is 0.149 e. The first-order valence-electron chi connectivity index (χ1n) is 2.49. The Labute approximate surface area is 74.3 Å². The van der Waals surface area contributed by atoms with Crippen molar-refractivity contribution in [2.45, 2.75) is 0 Å². The summed E-state index contributed by atoms with van der Waals surface area (Å²) in [5, 5.41) is 24.8. The molecule has 0 aromatic carbocycles. The van der Waals surface area contributed by atoms with Crippen LogP contribution in [-0.4, -0.2) is 5.75 Å². The van der Waals surface area contributed by atoms with Crippen molar-refractivity contribution in [1.82, 2.24) is 0 Å². The van der Waals surface area contributed by atoms with Crippen LogP contribution in [0, 0.1) is 34.0 Å². The summed E-state index contributed by atoms with van der Waals surface area (Å²) in [5.74, 6) is 0.200. The highest BCUT2D eigenvalue weighted by Crippen LogP contribution is 2.22. The quantitative estimate of drug-likeness (QED) is 0.516. The number of allylic oxidation sites excluding steroid dienone is 1. The Hall–Kier alpha value is -1.09. The maximum Gasteiger partial charge on any atom is 0.149 e. The van der Waals surface area contributed by atoms with Crippen LogP contribution in [0.15, 0.2) is 9.81 Å². The van der Waals surface area contributed by atoms with Gasteiger partial charge in [-0.1, -0.05) is 0 Å². The summed E-state index contributed by atoms with van der Waals surface area (Å²) in [5.41, 5.74) is -0.0476. The van der Waals surface area contributed by atoms with Gasteiger partial charge in [0, 0.05) is 0 Å². The van der Waals surface area contributed by atoms with E-state index in [1.165, 1.54) is 0 Å². The Morgan fingerprint density at radius 3 is 2.18 bits per heavy atom. The largest absolute Gasteiger partial charge is 0.197 e. The molecule has 0 saturated heterocycles. The molecular weight excluding hydrogens is 178 g/mol. The van der Waals surface area contributed by atoms with Gasteiger partial charge >= 0.3 is 0 Å². The first-order valence-corrected chi connectivity index (χ1v) is 3.92.